The van der Waals surface area contributed by atoms with Crippen LogP contribution in [0.5, 0.6) is 0 Å². The summed E-state index contributed by atoms with van der Waals surface area (Å²) in [6.45, 7) is 1.98. The van der Waals surface area contributed by atoms with Crippen LogP contribution < -0.4 is 0 Å². The first-order valence-corrected chi connectivity index (χ1v) is 5.53. The van der Waals surface area contributed by atoms with E-state index >= 15 is 0 Å². The van der Waals surface area contributed by atoms with Crippen LogP contribution in [0.4, 0.5) is 0 Å². The topological polar surface area (TPSA) is 94.3 Å². The first-order valence-electron chi connectivity index (χ1n) is 5.53. The average Bonchev–Trinajstić information content (AvgIpc) is 2.89. The summed E-state index contributed by atoms with van der Waals surface area (Å²) in [5.41, 5.74) is 0.377. The number of carbonyl (C=O) groups excluding carboxylic acids is 1. The van der Waals surface area contributed by atoms with Gasteiger partial charge in [0.15, 0.2) is 5.82 Å². The molecule has 98 valence electrons. The Balaban J connectivity index is 2.30. The van der Waals surface area contributed by atoms with Crippen molar-refractivity contribution in [1.82, 2.24) is 14.8 Å². The maximum Gasteiger partial charge on any atom is 0.341 e. The van der Waals surface area contributed by atoms with Gasteiger partial charge in [0.05, 0.1) is 23.9 Å². The summed E-state index contributed by atoms with van der Waals surface area (Å²) in [4.78, 5) is 26.3. The molecule has 2 aromatic rings. The van der Waals surface area contributed by atoms with E-state index in [1.165, 1.54) is 35.4 Å². The lowest BCUT2D eigenvalue weighted by Crippen LogP contribution is -2.04. The second-order valence-corrected chi connectivity index (χ2v) is 3.60. The van der Waals surface area contributed by atoms with Gasteiger partial charge in [-0.2, -0.15) is 5.10 Å². The van der Waals surface area contributed by atoms with E-state index in [-0.39, 0.29) is 17.7 Å². The normalized spacial score (nSPS) is 10.2. The van der Waals surface area contributed by atoms with E-state index in [9.17, 15) is 9.59 Å². The fraction of sp³-hybridized carbons (Fsp3) is 0.167. The largest absolute Gasteiger partial charge is 0.478 e. The highest BCUT2D eigenvalue weighted by Gasteiger charge is 2.11. The molecule has 1 N–H and O–H groups in total. The molecule has 0 aliphatic carbocycles. The van der Waals surface area contributed by atoms with Gasteiger partial charge < -0.3 is 9.84 Å². The molecule has 0 aliphatic rings. The second kappa shape index (κ2) is 5.30. The number of pyridine rings is 1. The Morgan fingerprint density at radius 1 is 1.42 bits per heavy atom. The molecular formula is C12H11N3O4. The van der Waals surface area contributed by atoms with E-state index in [2.05, 4.69) is 10.1 Å². The Morgan fingerprint density at radius 2 is 2.21 bits per heavy atom. The molecule has 0 bridgehead atoms. The van der Waals surface area contributed by atoms with Crippen LogP contribution in [0.2, 0.25) is 0 Å². The second-order valence-electron chi connectivity index (χ2n) is 3.60. The summed E-state index contributed by atoms with van der Waals surface area (Å²) in [5, 5.41) is 12.8. The van der Waals surface area contributed by atoms with Crippen LogP contribution in [-0.2, 0) is 4.74 Å². The highest BCUT2D eigenvalue weighted by atomic mass is 16.5. The molecule has 0 saturated heterocycles. The lowest BCUT2D eigenvalue weighted by molar-refractivity contribution is 0.0525. The van der Waals surface area contributed by atoms with Crippen molar-refractivity contribution >= 4 is 11.9 Å². The zero-order valence-corrected chi connectivity index (χ0v) is 10.1. The van der Waals surface area contributed by atoms with Crippen molar-refractivity contribution in [2.75, 3.05) is 6.61 Å². The first kappa shape index (κ1) is 12.7. The summed E-state index contributed by atoms with van der Waals surface area (Å²) in [7, 11) is 0. The van der Waals surface area contributed by atoms with E-state index < -0.39 is 11.9 Å². The molecule has 2 rings (SSSR count). The number of carboxylic acids is 1. The Bertz CT molecular complexity index is 621. The van der Waals surface area contributed by atoms with Crippen LogP contribution in [-0.4, -0.2) is 38.4 Å². The van der Waals surface area contributed by atoms with Crippen LogP contribution in [0, 0.1) is 0 Å². The minimum absolute atomic E-state index is 0.0955. The van der Waals surface area contributed by atoms with E-state index in [0.717, 1.165) is 0 Å². The van der Waals surface area contributed by atoms with Crippen LogP contribution in [0.3, 0.4) is 0 Å². The van der Waals surface area contributed by atoms with E-state index in [0.29, 0.717) is 5.82 Å². The molecule has 0 aliphatic heterocycles. The molecule has 2 heterocycles. The molecule has 7 nitrogen and oxygen atoms in total. The highest BCUT2D eigenvalue weighted by molar-refractivity contribution is 5.89. The van der Waals surface area contributed by atoms with Crippen molar-refractivity contribution in [2.24, 2.45) is 0 Å². The lowest BCUT2D eigenvalue weighted by atomic mass is 10.2. The van der Waals surface area contributed by atoms with Gasteiger partial charge in [-0.05, 0) is 19.1 Å². The maximum atomic E-state index is 11.5. The summed E-state index contributed by atoms with van der Waals surface area (Å²) in [6.07, 6.45) is 4.14. The number of carboxylic acid groups (broad SMARTS) is 1. The third kappa shape index (κ3) is 2.76. The fourth-order valence-electron chi connectivity index (χ4n) is 1.44. The van der Waals surface area contributed by atoms with Gasteiger partial charge in [-0.3, -0.25) is 0 Å². The van der Waals surface area contributed by atoms with Crippen molar-refractivity contribution < 1.29 is 19.4 Å². The molecular weight excluding hydrogens is 250 g/mol. The number of rotatable bonds is 4. The van der Waals surface area contributed by atoms with Gasteiger partial charge in [0.2, 0.25) is 0 Å². The number of aromatic nitrogens is 3. The van der Waals surface area contributed by atoms with Gasteiger partial charge in [-0.25, -0.2) is 19.3 Å². The SMILES string of the molecule is CCOC(=O)c1cnn(-c2cc(C(=O)O)ccn2)c1. The van der Waals surface area contributed by atoms with Crippen LogP contribution >= 0.6 is 0 Å². The first-order chi connectivity index (χ1) is 9.11. The van der Waals surface area contributed by atoms with Crippen LogP contribution in [0.25, 0.3) is 5.82 Å². The monoisotopic (exact) mass is 261 g/mol. The molecule has 7 heteroatoms. The molecule has 0 fully saturated rings. The molecule has 0 spiro atoms. The highest BCUT2D eigenvalue weighted by Crippen LogP contribution is 2.09. The van der Waals surface area contributed by atoms with Gasteiger partial charge in [0.1, 0.15) is 0 Å². The zero-order valence-electron chi connectivity index (χ0n) is 10.1. The molecule has 2 aromatic heterocycles. The predicted octanol–water partition coefficient (Wildman–Crippen LogP) is 1.14. The van der Waals surface area contributed by atoms with E-state index in [1.54, 1.807) is 6.92 Å². The Kier molecular flexibility index (Phi) is 3.56. The number of aromatic carboxylic acids is 1. The Hall–Kier alpha value is -2.70. The van der Waals surface area contributed by atoms with Gasteiger partial charge in [0.25, 0.3) is 0 Å². The Labute approximate surface area is 108 Å². The van der Waals surface area contributed by atoms with Crippen molar-refractivity contribution in [2.45, 2.75) is 6.92 Å². The number of carbonyl (C=O) groups is 2. The Morgan fingerprint density at radius 3 is 2.89 bits per heavy atom. The smallest absolute Gasteiger partial charge is 0.341 e. The third-order valence-corrected chi connectivity index (χ3v) is 2.32. The molecule has 0 amide bonds. The summed E-state index contributed by atoms with van der Waals surface area (Å²) >= 11 is 0. The minimum atomic E-state index is -1.05. The van der Waals surface area contributed by atoms with Gasteiger partial charge in [0, 0.05) is 12.4 Å². The van der Waals surface area contributed by atoms with Gasteiger partial charge >= 0.3 is 11.9 Å². The summed E-state index contributed by atoms with van der Waals surface area (Å²) in [6, 6.07) is 2.74. The molecule has 0 aromatic carbocycles. The van der Waals surface area contributed by atoms with Crippen molar-refractivity contribution in [3.05, 3.63) is 41.9 Å². The van der Waals surface area contributed by atoms with E-state index in [1.807, 2.05) is 0 Å². The molecule has 0 radical (unpaired) electrons. The maximum absolute atomic E-state index is 11.5. The minimum Gasteiger partial charge on any atom is -0.478 e. The number of nitrogens with zero attached hydrogens (tertiary/aromatic N) is 3. The number of ether oxygens (including phenoxy) is 1. The quantitative estimate of drug-likeness (QED) is 0.829. The molecule has 0 saturated carbocycles. The van der Waals surface area contributed by atoms with Gasteiger partial charge in [-0.1, -0.05) is 0 Å². The number of esters is 1. The van der Waals surface area contributed by atoms with Crippen LogP contribution in [0.1, 0.15) is 27.6 Å². The summed E-state index contributed by atoms with van der Waals surface area (Å²) < 4.78 is 6.15. The van der Waals surface area contributed by atoms with Crippen LogP contribution in [0.15, 0.2) is 30.7 Å². The molecule has 0 atom stereocenters. The van der Waals surface area contributed by atoms with Gasteiger partial charge in [-0.15, -0.1) is 0 Å². The number of hydrogen-bond acceptors (Lipinski definition) is 5. The third-order valence-electron chi connectivity index (χ3n) is 2.32. The standard InChI is InChI=1S/C12H11N3O4/c1-2-19-12(18)9-6-14-15(7-9)10-5-8(11(16)17)3-4-13-10/h3-7H,2H2,1H3,(H,16,17). The average molecular weight is 261 g/mol. The van der Waals surface area contributed by atoms with Crippen molar-refractivity contribution in [1.29, 1.82) is 0 Å². The van der Waals surface area contributed by atoms with Crippen molar-refractivity contribution in [3.63, 3.8) is 0 Å². The lowest BCUT2D eigenvalue weighted by Gasteiger charge is -2.01. The summed E-state index contributed by atoms with van der Waals surface area (Å²) in [5.74, 6) is -1.22. The molecule has 0 unspecified atom stereocenters. The van der Waals surface area contributed by atoms with Crippen molar-refractivity contribution in [3.8, 4) is 5.82 Å². The van der Waals surface area contributed by atoms with E-state index in [4.69, 9.17) is 9.84 Å². The molecule has 19 heavy (non-hydrogen) atoms. The number of hydrogen-bond donors (Lipinski definition) is 1. The zero-order chi connectivity index (χ0) is 13.8. The fourth-order valence-corrected chi connectivity index (χ4v) is 1.44. The predicted molar refractivity (Wildman–Crippen MR) is 64.3 cm³/mol.